The molecule has 1 aromatic rings. The van der Waals surface area contributed by atoms with Crippen LogP contribution in [0.15, 0.2) is 18.2 Å². The molecule has 1 N–H and O–H groups in total. The van der Waals surface area contributed by atoms with Gasteiger partial charge < -0.3 is 14.8 Å². The molecule has 0 aliphatic rings. The van der Waals surface area contributed by atoms with E-state index in [1.165, 1.54) is 5.56 Å². The minimum Gasteiger partial charge on any atom is -0.497 e. The molecule has 0 amide bonds. The molecule has 3 nitrogen and oxygen atoms in total. The highest BCUT2D eigenvalue weighted by atomic mass is 16.5. The summed E-state index contributed by atoms with van der Waals surface area (Å²) in [6.07, 6.45) is 1.13. The molecule has 102 valence electrons. The molecule has 1 rings (SSSR count). The maximum atomic E-state index is 5.48. The van der Waals surface area contributed by atoms with Gasteiger partial charge in [-0.15, -0.1) is 0 Å². The van der Waals surface area contributed by atoms with Crippen molar-refractivity contribution in [3.05, 3.63) is 23.8 Å². The Morgan fingerprint density at radius 3 is 2.39 bits per heavy atom. The van der Waals surface area contributed by atoms with Crippen LogP contribution < -0.4 is 14.8 Å². The highest BCUT2D eigenvalue weighted by Crippen LogP contribution is 2.32. The quantitative estimate of drug-likeness (QED) is 0.805. The number of hydrogen-bond acceptors (Lipinski definition) is 3. The van der Waals surface area contributed by atoms with Crippen LogP contribution in [0.5, 0.6) is 11.5 Å². The SMILES string of the molecule is CCCNC(c1ccc(OC)cc1OC)C(C)C. The molecule has 1 atom stereocenters. The molecule has 3 heteroatoms. The molecule has 1 aromatic carbocycles. The zero-order valence-corrected chi connectivity index (χ0v) is 12.1. The Labute approximate surface area is 110 Å². The van der Waals surface area contributed by atoms with Gasteiger partial charge >= 0.3 is 0 Å². The first-order chi connectivity index (χ1) is 8.63. The molecule has 0 aliphatic heterocycles. The summed E-state index contributed by atoms with van der Waals surface area (Å²) in [5.41, 5.74) is 1.20. The van der Waals surface area contributed by atoms with Crippen LogP contribution in [0.1, 0.15) is 38.8 Å². The van der Waals surface area contributed by atoms with E-state index >= 15 is 0 Å². The van der Waals surface area contributed by atoms with Crippen molar-refractivity contribution < 1.29 is 9.47 Å². The normalized spacial score (nSPS) is 12.6. The van der Waals surface area contributed by atoms with Gasteiger partial charge in [-0.25, -0.2) is 0 Å². The van der Waals surface area contributed by atoms with E-state index in [2.05, 4.69) is 32.2 Å². The third kappa shape index (κ3) is 3.64. The molecular formula is C15H25NO2. The van der Waals surface area contributed by atoms with Gasteiger partial charge in [-0.1, -0.05) is 26.8 Å². The summed E-state index contributed by atoms with van der Waals surface area (Å²) in [5, 5.41) is 3.58. The van der Waals surface area contributed by atoms with Crippen LogP contribution >= 0.6 is 0 Å². The number of benzene rings is 1. The Morgan fingerprint density at radius 1 is 1.17 bits per heavy atom. The zero-order valence-electron chi connectivity index (χ0n) is 12.1. The summed E-state index contributed by atoms with van der Waals surface area (Å²) < 4.78 is 10.7. The molecule has 18 heavy (non-hydrogen) atoms. The van der Waals surface area contributed by atoms with E-state index in [1.807, 2.05) is 12.1 Å². The lowest BCUT2D eigenvalue weighted by atomic mass is 9.95. The van der Waals surface area contributed by atoms with Crippen LogP contribution in [0.2, 0.25) is 0 Å². The van der Waals surface area contributed by atoms with Crippen LogP contribution in [0.4, 0.5) is 0 Å². The molecule has 0 aromatic heterocycles. The van der Waals surface area contributed by atoms with Gasteiger partial charge in [-0.3, -0.25) is 0 Å². The van der Waals surface area contributed by atoms with Gasteiger partial charge in [0.05, 0.1) is 14.2 Å². The second-order valence-corrected chi connectivity index (χ2v) is 4.78. The van der Waals surface area contributed by atoms with Crippen molar-refractivity contribution in [1.82, 2.24) is 5.32 Å². The summed E-state index contributed by atoms with van der Waals surface area (Å²) in [6, 6.07) is 6.33. The summed E-state index contributed by atoms with van der Waals surface area (Å²) in [6.45, 7) is 7.63. The van der Waals surface area contributed by atoms with Crippen molar-refractivity contribution in [3.63, 3.8) is 0 Å². The molecule has 0 bridgehead atoms. The monoisotopic (exact) mass is 251 g/mol. The largest absolute Gasteiger partial charge is 0.497 e. The van der Waals surface area contributed by atoms with Crippen molar-refractivity contribution in [2.45, 2.75) is 33.2 Å². The second-order valence-electron chi connectivity index (χ2n) is 4.78. The highest BCUT2D eigenvalue weighted by molar-refractivity contribution is 5.42. The fourth-order valence-corrected chi connectivity index (χ4v) is 2.08. The molecular weight excluding hydrogens is 226 g/mol. The predicted octanol–water partition coefficient (Wildman–Crippen LogP) is 3.40. The average molecular weight is 251 g/mol. The molecule has 0 radical (unpaired) electrons. The Hall–Kier alpha value is -1.22. The molecule has 0 heterocycles. The lowest BCUT2D eigenvalue weighted by Crippen LogP contribution is -2.26. The summed E-state index contributed by atoms with van der Waals surface area (Å²) >= 11 is 0. The van der Waals surface area contributed by atoms with E-state index in [4.69, 9.17) is 9.47 Å². The van der Waals surface area contributed by atoms with Crippen molar-refractivity contribution in [2.75, 3.05) is 20.8 Å². The van der Waals surface area contributed by atoms with Gasteiger partial charge in [0.25, 0.3) is 0 Å². The van der Waals surface area contributed by atoms with E-state index < -0.39 is 0 Å². The van der Waals surface area contributed by atoms with E-state index in [9.17, 15) is 0 Å². The maximum Gasteiger partial charge on any atom is 0.127 e. The first kappa shape index (κ1) is 14.8. The lowest BCUT2D eigenvalue weighted by Gasteiger charge is -2.25. The molecule has 1 unspecified atom stereocenters. The first-order valence-electron chi connectivity index (χ1n) is 6.59. The number of nitrogens with one attached hydrogen (secondary N) is 1. The van der Waals surface area contributed by atoms with Crippen LogP contribution in [-0.4, -0.2) is 20.8 Å². The average Bonchev–Trinajstić information content (AvgIpc) is 2.38. The predicted molar refractivity (Wildman–Crippen MR) is 75.4 cm³/mol. The summed E-state index contributed by atoms with van der Waals surface area (Å²) in [5.74, 6) is 2.23. The maximum absolute atomic E-state index is 5.48. The fraction of sp³-hybridized carbons (Fsp3) is 0.600. The van der Waals surface area contributed by atoms with Crippen LogP contribution in [-0.2, 0) is 0 Å². The first-order valence-corrected chi connectivity index (χ1v) is 6.59. The number of rotatable bonds is 7. The van der Waals surface area contributed by atoms with E-state index in [-0.39, 0.29) is 0 Å². The van der Waals surface area contributed by atoms with E-state index in [1.54, 1.807) is 14.2 Å². The summed E-state index contributed by atoms with van der Waals surface area (Å²) in [4.78, 5) is 0. The van der Waals surface area contributed by atoms with Gasteiger partial charge in [0.15, 0.2) is 0 Å². The van der Waals surface area contributed by atoms with Crippen LogP contribution in [0.25, 0.3) is 0 Å². The third-order valence-corrected chi connectivity index (χ3v) is 3.06. The van der Waals surface area contributed by atoms with Gasteiger partial charge in [0, 0.05) is 17.7 Å². The molecule has 0 spiro atoms. The number of ether oxygens (including phenoxy) is 2. The Kier molecular flexibility index (Phi) is 5.99. The minimum atomic E-state index is 0.311. The zero-order chi connectivity index (χ0) is 13.5. The topological polar surface area (TPSA) is 30.5 Å². The van der Waals surface area contributed by atoms with Gasteiger partial charge in [-0.05, 0) is 24.9 Å². The molecule has 0 saturated carbocycles. The summed E-state index contributed by atoms with van der Waals surface area (Å²) in [7, 11) is 3.37. The number of methoxy groups -OCH3 is 2. The van der Waals surface area contributed by atoms with Crippen molar-refractivity contribution in [1.29, 1.82) is 0 Å². The third-order valence-electron chi connectivity index (χ3n) is 3.06. The Balaban J connectivity index is 3.02. The van der Waals surface area contributed by atoms with E-state index in [0.717, 1.165) is 24.5 Å². The second kappa shape index (κ2) is 7.27. The highest BCUT2D eigenvalue weighted by Gasteiger charge is 2.19. The van der Waals surface area contributed by atoms with Crippen molar-refractivity contribution in [3.8, 4) is 11.5 Å². The molecule has 0 fully saturated rings. The fourth-order valence-electron chi connectivity index (χ4n) is 2.08. The molecule has 0 aliphatic carbocycles. The van der Waals surface area contributed by atoms with Crippen LogP contribution in [0.3, 0.4) is 0 Å². The lowest BCUT2D eigenvalue weighted by molar-refractivity contribution is 0.363. The van der Waals surface area contributed by atoms with Crippen LogP contribution in [0, 0.1) is 5.92 Å². The van der Waals surface area contributed by atoms with Crippen molar-refractivity contribution in [2.24, 2.45) is 5.92 Å². The van der Waals surface area contributed by atoms with Gasteiger partial charge in [-0.2, -0.15) is 0 Å². The van der Waals surface area contributed by atoms with Gasteiger partial charge in [0.1, 0.15) is 11.5 Å². The van der Waals surface area contributed by atoms with E-state index in [0.29, 0.717) is 12.0 Å². The smallest absolute Gasteiger partial charge is 0.127 e. The Bertz CT molecular complexity index is 364. The van der Waals surface area contributed by atoms with Gasteiger partial charge in [0.2, 0.25) is 0 Å². The molecule has 0 saturated heterocycles. The standard InChI is InChI=1S/C15H25NO2/c1-6-9-16-15(11(2)3)13-8-7-12(17-4)10-14(13)18-5/h7-8,10-11,15-16H,6,9H2,1-5H3. The minimum absolute atomic E-state index is 0.311. The Morgan fingerprint density at radius 2 is 1.89 bits per heavy atom. The van der Waals surface area contributed by atoms with Crippen molar-refractivity contribution >= 4 is 0 Å². The number of hydrogen-bond donors (Lipinski definition) is 1.